The first-order valence-electron chi connectivity index (χ1n) is 9.15. The van der Waals surface area contributed by atoms with E-state index in [1.54, 1.807) is 4.68 Å². The van der Waals surface area contributed by atoms with E-state index in [4.69, 9.17) is 0 Å². The van der Waals surface area contributed by atoms with Crippen molar-refractivity contribution in [3.63, 3.8) is 0 Å². The summed E-state index contributed by atoms with van der Waals surface area (Å²) >= 11 is 1.36. The SMILES string of the molecule is Cc1cccc(-n2nnnc2SCC(=O)N[C@H](C)CCCC(C)C)c1C. The molecule has 0 unspecified atom stereocenters. The Morgan fingerprint density at radius 1 is 1.23 bits per heavy atom. The lowest BCUT2D eigenvalue weighted by Crippen LogP contribution is -2.33. The smallest absolute Gasteiger partial charge is 0.230 e. The van der Waals surface area contributed by atoms with Gasteiger partial charge in [-0.2, -0.15) is 4.68 Å². The van der Waals surface area contributed by atoms with E-state index in [1.807, 2.05) is 19.1 Å². The molecule has 0 fully saturated rings. The van der Waals surface area contributed by atoms with Gasteiger partial charge in [-0.15, -0.1) is 5.10 Å². The number of rotatable bonds is 9. The Balaban J connectivity index is 1.90. The van der Waals surface area contributed by atoms with Crippen molar-refractivity contribution in [2.24, 2.45) is 5.92 Å². The van der Waals surface area contributed by atoms with Crippen LogP contribution in [0.15, 0.2) is 23.4 Å². The number of aryl methyl sites for hydroxylation is 1. The number of hydrogen-bond acceptors (Lipinski definition) is 5. The second-order valence-corrected chi connectivity index (χ2v) is 8.12. The number of benzene rings is 1. The number of tetrazole rings is 1. The fourth-order valence-electron chi connectivity index (χ4n) is 2.74. The predicted octanol–water partition coefficient (Wildman–Crippen LogP) is 3.70. The van der Waals surface area contributed by atoms with Gasteiger partial charge in [0.25, 0.3) is 0 Å². The van der Waals surface area contributed by atoms with Gasteiger partial charge in [0.15, 0.2) is 0 Å². The van der Waals surface area contributed by atoms with E-state index in [2.05, 4.69) is 54.6 Å². The molecule has 1 aromatic carbocycles. The third-order valence-electron chi connectivity index (χ3n) is 4.40. The summed E-state index contributed by atoms with van der Waals surface area (Å²) in [4.78, 5) is 12.2. The number of carbonyl (C=O) groups excluding carboxylic acids is 1. The number of carbonyl (C=O) groups is 1. The summed E-state index contributed by atoms with van der Waals surface area (Å²) in [6.45, 7) is 10.6. The minimum Gasteiger partial charge on any atom is -0.353 e. The maximum Gasteiger partial charge on any atom is 0.230 e. The molecule has 1 N–H and O–H groups in total. The Morgan fingerprint density at radius 2 is 2.00 bits per heavy atom. The lowest BCUT2D eigenvalue weighted by atomic mass is 10.0. The third kappa shape index (κ3) is 5.83. The summed E-state index contributed by atoms with van der Waals surface area (Å²) in [6, 6.07) is 6.22. The molecule has 0 saturated carbocycles. The van der Waals surface area contributed by atoms with E-state index < -0.39 is 0 Å². The van der Waals surface area contributed by atoms with E-state index in [-0.39, 0.29) is 11.9 Å². The molecule has 2 rings (SSSR count). The second kappa shape index (κ2) is 9.71. The largest absolute Gasteiger partial charge is 0.353 e. The highest BCUT2D eigenvalue weighted by Crippen LogP contribution is 2.22. The number of amides is 1. The van der Waals surface area contributed by atoms with Crippen molar-refractivity contribution < 1.29 is 4.79 Å². The Labute approximate surface area is 160 Å². The van der Waals surface area contributed by atoms with Crippen LogP contribution in [0.3, 0.4) is 0 Å². The molecule has 142 valence electrons. The Kier molecular flexibility index (Phi) is 7.63. The van der Waals surface area contributed by atoms with Gasteiger partial charge < -0.3 is 5.32 Å². The normalized spacial score (nSPS) is 12.4. The summed E-state index contributed by atoms with van der Waals surface area (Å²) in [5.41, 5.74) is 3.26. The summed E-state index contributed by atoms with van der Waals surface area (Å²) in [7, 11) is 0. The molecule has 0 spiro atoms. The highest BCUT2D eigenvalue weighted by atomic mass is 32.2. The standard InChI is InChI=1S/C19H29N5OS/c1-13(2)8-6-10-15(4)20-18(25)12-26-19-21-22-23-24(19)17-11-7-9-14(3)16(17)5/h7,9,11,13,15H,6,8,10,12H2,1-5H3,(H,20,25)/t15-/m1/s1. The number of hydrogen-bond donors (Lipinski definition) is 1. The van der Waals surface area contributed by atoms with E-state index >= 15 is 0 Å². The maximum absolute atomic E-state index is 12.2. The van der Waals surface area contributed by atoms with Gasteiger partial charge in [0, 0.05) is 6.04 Å². The van der Waals surface area contributed by atoms with Crippen LogP contribution < -0.4 is 5.32 Å². The van der Waals surface area contributed by atoms with Gasteiger partial charge in [-0.1, -0.05) is 50.6 Å². The van der Waals surface area contributed by atoms with Crippen molar-refractivity contribution in [2.45, 2.75) is 65.1 Å². The van der Waals surface area contributed by atoms with Crippen LogP contribution in [0.4, 0.5) is 0 Å². The van der Waals surface area contributed by atoms with Crippen LogP contribution in [0.5, 0.6) is 0 Å². The molecule has 2 aromatic rings. The van der Waals surface area contributed by atoms with Crippen LogP contribution in [0.2, 0.25) is 0 Å². The highest BCUT2D eigenvalue weighted by molar-refractivity contribution is 7.99. The van der Waals surface area contributed by atoms with Gasteiger partial charge in [-0.25, -0.2) is 0 Å². The molecule has 1 atom stereocenters. The third-order valence-corrected chi connectivity index (χ3v) is 5.32. The zero-order chi connectivity index (χ0) is 19.1. The molecule has 7 heteroatoms. The zero-order valence-electron chi connectivity index (χ0n) is 16.3. The summed E-state index contributed by atoms with van der Waals surface area (Å²) in [6.07, 6.45) is 3.34. The number of nitrogens with zero attached hydrogens (tertiary/aromatic N) is 4. The Morgan fingerprint density at radius 3 is 2.73 bits per heavy atom. The molecule has 0 aliphatic carbocycles. The fraction of sp³-hybridized carbons (Fsp3) is 0.579. The van der Waals surface area contributed by atoms with Crippen molar-refractivity contribution in [1.82, 2.24) is 25.5 Å². The van der Waals surface area contributed by atoms with Gasteiger partial charge in [0.2, 0.25) is 11.1 Å². The van der Waals surface area contributed by atoms with Gasteiger partial charge in [0.05, 0.1) is 11.4 Å². The molecule has 0 saturated heterocycles. The van der Waals surface area contributed by atoms with Crippen molar-refractivity contribution in [2.75, 3.05) is 5.75 Å². The molecule has 0 aliphatic heterocycles. The molecule has 6 nitrogen and oxygen atoms in total. The maximum atomic E-state index is 12.2. The lowest BCUT2D eigenvalue weighted by molar-refractivity contribution is -0.119. The van der Waals surface area contributed by atoms with Crippen LogP contribution >= 0.6 is 11.8 Å². The topological polar surface area (TPSA) is 72.7 Å². The van der Waals surface area contributed by atoms with Crippen molar-refractivity contribution in [1.29, 1.82) is 0 Å². The van der Waals surface area contributed by atoms with Crippen LogP contribution in [-0.4, -0.2) is 37.9 Å². The first-order valence-corrected chi connectivity index (χ1v) is 10.1. The van der Waals surface area contributed by atoms with Gasteiger partial charge in [-0.3, -0.25) is 4.79 Å². The number of thioether (sulfide) groups is 1. The highest BCUT2D eigenvalue weighted by Gasteiger charge is 2.14. The fourth-order valence-corrected chi connectivity index (χ4v) is 3.43. The van der Waals surface area contributed by atoms with Gasteiger partial charge in [-0.05, 0) is 60.7 Å². The molecule has 1 amide bonds. The van der Waals surface area contributed by atoms with E-state index in [1.165, 1.54) is 23.7 Å². The van der Waals surface area contributed by atoms with Crippen LogP contribution in [0, 0.1) is 19.8 Å². The summed E-state index contributed by atoms with van der Waals surface area (Å²) in [5, 5.41) is 15.6. The van der Waals surface area contributed by atoms with Crippen LogP contribution in [0.25, 0.3) is 5.69 Å². The summed E-state index contributed by atoms with van der Waals surface area (Å²) < 4.78 is 1.70. The molecule has 26 heavy (non-hydrogen) atoms. The van der Waals surface area contributed by atoms with E-state index in [0.29, 0.717) is 16.8 Å². The second-order valence-electron chi connectivity index (χ2n) is 7.17. The quantitative estimate of drug-likeness (QED) is 0.677. The van der Waals surface area contributed by atoms with Crippen molar-refractivity contribution in [3.05, 3.63) is 29.3 Å². The monoisotopic (exact) mass is 375 g/mol. The number of aromatic nitrogens is 4. The van der Waals surface area contributed by atoms with Crippen molar-refractivity contribution in [3.8, 4) is 5.69 Å². The Hall–Kier alpha value is -1.89. The molecule has 0 aliphatic rings. The number of nitrogens with one attached hydrogen (secondary N) is 1. The van der Waals surface area contributed by atoms with Gasteiger partial charge in [0.1, 0.15) is 0 Å². The molecule has 1 aromatic heterocycles. The minimum absolute atomic E-state index is 0.0163. The first-order chi connectivity index (χ1) is 12.4. The molecule has 0 radical (unpaired) electrons. The van der Waals surface area contributed by atoms with E-state index in [9.17, 15) is 4.79 Å². The molecule has 1 heterocycles. The average Bonchev–Trinajstić information content (AvgIpc) is 3.03. The molecule has 0 bridgehead atoms. The molecular formula is C19H29N5OS. The van der Waals surface area contributed by atoms with Gasteiger partial charge >= 0.3 is 0 Å². The van der Waals surface area contributed by atoms with Crippen LogP contribution in [-0.2, 0) is 4.79 Å². The predicted molar refractivity (Wildman–Crippen MR) is 106 cm³/mol. The Bertz CT molecular complexity index is 728. The van der Waals surface area contributed by atoms with Crippen molar-refractivity contribution >= 4 is 17.7 Å². The van der Waals surface area contributed by atoms with Crippen LogP contribution in [0.1, 0.15) is 51.2 Å². The molecular weight excluding hydrogens is 346 g/mol. The lowest BCUT2D eigenvalue weighted by Gasteiger charge is -2.14. The summed E-state index contributed by atoms with van der Waals surface area (Å²) in [5.74, 6) is 1.03. The zero-order valence-corrected chi connectivity index (χ0v) is 17.1. The minimum atomic E-state index is 0.0163. The first kappa shape index (κ1) is 20.4. The average molecular weight is 376 g/mol. The van der Waals surface area contributed by atoms with E-state index in [0.717, 1.165) is 24.1 Å².